The van der Waals surface area contributed by atoms with E-state index >= 15 is 0 Å². The van der Waals surface area contributed by atoms with Crippen LogP contribution in [0.4, 0.5) is 0 Å². The van der Waals surface area contributed by atoms with E-state index in [0.29, 0.717) is 5.41 Å². The molecule has 0 nitrogen and oxygen atoms in total. The van der Waals surface area contributed by atoms with Crippen LogP contribution in [0.25, 0.3) is 0 Å². The molecule has 0 rings (SSSR count). The van der Waals surface area contributed by atoms with Crippen molar-refractivity contribution < 1.29 is 0 Å². The van der Waals surface area contributed by atoms with Crippen LogP contribution < -0.4 is 0 Å². The van der Waals surface area contributed by atoms with Crippen molar-refractivity contribution in [2.45, 2.75) is 46.8 Å². The zero-order chi connectivity index (χ0) is 11.4. The topological polar surface area (TPSA) is 0 Å². The highest BCUT2D eigenvalue weighted by Crippen LogP contribution is 2.32. The first-order chi connectivity index (χ1) is 6.29. The molecule has 0 aliphatic heterocycles. The zero-order valence-corrected chi connectivity index (χ0v) is 12.2. The summed E-state index contributed by atoms with van der Waals surface area (Å²) < 4.78 is 0. The van der Waals surface area contributed by atoms with Crippen LogP contribution in [0.5, 0.6) is 0 Å². The van der Waals surface area contributed by atoms with Crippen molar-refractivity contribution in [2.24, 2.45) is 17.3 Å². The van der Waals surface area contributed by atoms with E-state index in [1.807, 2.05) is 0 Å². The summed E-state index contributed by atoms with van der Waals surface area (Å²) >= 11 is 6.55. The summed E-state index contributed by atoms with van der Waals surface area (Å²) in [4.78, 5) is 0. The molecule has 2 heteroatoms. The Hall–Kier alpha value is 0.700. The van der Waals surface area contributed by atoms with Crippen molar-refractivity contribution in [1.82, 2.24) is 0 Å². The van der Waals surface area contributed by atoms with Gasteiger partial charge in [-0.2, -0.15) is 24.4 Å². The lowest BCUT2D eigenvalue weighted by molar-refractivity contribution is 0.294. The van der Waals surface area contributed by atoms with Crippen LogP contribution >= 0.6 is 24.4 Å². The number of thiol groups is 1. The third-order valence-corrected chi connectivity index (χ3v) is 5.05. The third kappa shape index (κ3) is 5.55. The summed E-state index contributed by atoms with van der Waals surface area (Å²) in [5.74, 6) is 3.74. The van der Waals surface area contributed by atoms with E-state index in [1.54, 1.807) is 0 Å². The maximum absolute atomic E-state index is 4.45. The molecule has 2 atom stereocenters. The first-order valence-electron chi connectivity index (χ1n) is 5.51. The molecule has 0 aliphatic rings. The van der Waals surface area contributed by atoms with E-state index in [9.17, 15) is 0 Å². The quantitative estimate of drug-likeness (QED) is 0.690. The molecular weight excluding hydrogens is 208 g/mol. The van der Waals surface area contributed by atoms with Crippen LogP contribution in [-0.2, 0) is 0 Å². The van der Waals surface area contributed by atoms with Gasteiger partial charge in [0, 0.05) is 5.25 Å². The maximum atomic E-state index is 4.45. The molecule has 0 saturated heterocycles. The standard InChI is InChI=1S/C12H26S2/c1-9(2)10(3)14-8-11(7-13)12(4,5)6/h9-11,13H,7-8H2,1-6H3. The molecule has 0 aliphatic carbocycles. The van der Waals surface area contributed by atoms with Crippen molar-refractivity contribution in [3.63, 3.8) is 0 Å². The molecule has 0 radical (unpaired) electrons. The molecule has 86 valence electrons. The fourth-order valence-electron chi connectivity index (χ4n) is 1.04. The summed E-state index contributed by atoms with van der Waals surface area (Å²) in [6.45, 7) is 13.9. The van der Waals surface area contributed by atoms with E-state index in [4.69, 9.17) is 0 Å². The Morgan fingerprint density at radius 3 is 1.93 bits per heavy atom. The van der Waals surface area contributed by atoms with Gasteiger partial charge in [-0.3, -0.25) is 0 Å². The highest BCUT2D eigenvalue weighted by atomic mass is 32.2. The number of hydrogen-bond donors (Lipinski definition) is 1. The molecule has 0 bridgehead atoms. The summed E-state index contributed by atoms with van der Waals surface area (Å²) in [5.41, 5.74) is 0.394. The van der Waals surface area contributed by atoms with E-state index in [2.05, 4.69) is 65.9 Å². The first-order valence-corrected chi connectivity index (χ1v) is 7.19. The van der Waals surface area contributed by atoms with Gasteiger partial charge in [0.2, 0.25) is 0 Å². The van der Waals surface area contributed by atoms with Gasteiger partial charge in [0.15, 0.2) is 0 Å². The van der Waals surface area contributed by atoms with Crippen LogP contribution in [0.2, 0.25) is 0 Å². The van der Waals surface area contributed by atoms with Crippen molar-refractivity contribution in [3.8, 4) is 0 Å². The summed E-state index contributed by atoms with van der Waals surface area (Å²) in [6, 6.07) is 0. The molecule has 2 unspecified atom stereocenters. The van der Waals surface area contributed by atoms with Gasteiger partial charge >= 0.3 is 0 Å². The van der Waals surface area contributed by atoms with E-state index in [-0.39, 0.29) is 0 Å². The molecule has 14 heavy (non-hydrogen) atoms. The summed E-state index contributed by atoms with van der Waals surface area (Å²) in [6.07, 6.45) is 0. The Morgan fingerprint density at radius 1 is 1.14 bits per heavy atom. The van der Waals surface area contributed by atoms with Crippen molar-refractivity contribution in [3.05, 3.63) is 0 Å². The van der Waals surface area contributed by atoms with Crippen molar-refractivity contribution in [2.75, 3.05) is 11.5 Å². The second kappa shape index (κ2) is 6.32. The predicted molar refractivity (Wildman–Crippen MR) is 73.6 cm³/mol. The van der Waals surface area contributed by atoms with Gasteiger partial charge in [0.05, 0.1) is 0 Å². The first kappa shape index (κ1) is 14.7. The molecule has 0 amide bonds. The second-order valence-electron chi connectivity index (χ2n) is 5.53. The van der Waals surface area contributed by atoms with Gasteiger partial charge in [0.25, 0.3) is 0 Å². The Kier molecular flexibility index (Phi) is 6.63. The van der Waals surface area contributed by atoms with Gasteiger partial charge in [-0.15, -0.1) is 0 Å². The fraction of sp³-hybridized carbons (Fsp3) is 1.00. The number of thioether (sulfide) groups is 1. The average molecular weight is 234 g/mol. The van der Waals surface area contributed by atoms with Gasteiger partial charge < -0.3 is 0 Å². The van der Waals surface area contributed by atoms with E-state index < -0.39 is 0 Å². The lowest BCUT2D eigenvalue weighted by atomic mass is 9.83. The van der Waals surface area contributed by atoms with Crippen LogP contribution in [0.1, 0.15) is 41.5 Å². The molecule has 0 spiro atoms. The number of rotatable bonds is 5. The third-order valence-electron chi connectivity index (χ3n) is 2.94. The zero-order valence-electron chi connectivity index (χ0n) is 10.5. The van der Waals surface area contributed by atoms with Crippen molar-refractivity contribution >= 4 is 24.4 Å². The Bertz CT molecular complexity index is 147. The monoisotopic (exact) mass is 234 g/mol. The normalized spacial score (nSPS) is 17.1. The van der Waals surface area contributed by atoms with Crippen LogP contribution in [-0.4, -0.2) is 16.8 Å². The molecule has 0 heterocycles. The Balaban J connectivity index is 3.97. The maximum Gasteiger partial charge on any atom is 0.00418 e. The van der Waals surface area contributed by atoms with Gasteiger partial charge in [-0.05, 0) is 28.8 Å². The fourth-order valence-corrected chi connectivity index (χ4v) is 3.43. The average Bonchev–Trinajstić information content (AvgIpc) is 2.02. The van der Waals surface area contributed by atoms with Gasteiger partial charge in [-0.1, -0.05) is 41.5 Å². The summed E-state index contributed by atoms with van der Waals surface area (Å²) in [5, 5.41) is 0.764. The van der Waals surface area contributed by atoms with Crippen LogP contribution in [0, 0.1) is 17.3 Å². The molecular formula is C12H26S2. The van der Waals surface area contributed by atoms with Gasteiger partial charge in [-0.25, -0.2) is 0 Å². The molecule has 0 saturated carbocycles. The van der Waals surface area contributed by atoms with Crippen LogP contribution in [0.15, 0.2) is 0 Å². The Morgan fingerprint density at radius 2 is 1.64 bits per heavy atom. The van der Waals surface area contributed by atoms with Crippen molar-refractivity contribution in [1.29, 1.82) is 0 Å². The van der Waals surface area contributed by atoms with E-state index in [0.717, 1.165) is 22.8 Å². The summed E-state index contributed by atoms with van der Waals surface area (Å²) in [7, 11) is 0. The Labute approximate surface area is 100 Å². The molecule has 0 aromatic carbocycles. The van der Waals surface area contributed by atoms with E-state index in [1.165, 1.54) is 5.75 Å². The highest BCUT2D eigenvalue weighted by molar-refractivity contribution is 7.99. The minimum atomic E-state index is 0.394. The minimum absolute atomic E-state index is 0.394. The molecule has 0 fully saturated rings. The lowest BCUT2D eigenvalue weighted by Crippen LogP contribution is -2.25. The predicted octanol–water partition coefficient (Wildman–Crippen LogP) is 4.36. The molecule has 0 N–H and O–H groups in total. The molecule has 0 aromatic heterocycles. The smallest absolute Gasteiger partial charge is 0.00418 e. The lowest BCUT2D eigenvalue weighted by Gasteiger charge is -2.30. The second-order valence-corrected chi connectivity index (χ2v) is 7.30. The highest BCUT2D eigenvalue weighted by Gasteiger charge is 2.24. The van der Waals surface area contributed by atoms with Gasteiger partial charge in [0.1, 0.15) is 0 Å². The number of hydrogen-bond acceptors (Lipinski definition) is 2. The molecule has 0 aromatic rings. The minimum Gasteiger partial charge on any atom is -0.179 e. The largest absolute Gasteiger partial charge is 0.179 e. The SMILES string of the molecule is CC(C)C(C)SCC(CS)C(C)(C)C. The van der Waals surface area contributed by atoms with Crippen LogP contribution in [0.3, 0.4) is 0 Å².